The van der Waals surface area contributed by atoms with Gasteiger partial charge < -0.3 is 9.42 Å². The zero-order valence-corrected chi connectivity index (χ0v) is 18.9. The zero-order valence-electron chi connectivity index (χ0n) is 16.5. The maximum atomic E-state index is 13.5. The van der Waals surface area contributed by atoms with Crippen LogP contribution in [-0.4, -0.2) is 44.1 Å². The van der Waals surface area contributed by atoms with E-state index in [1.54, 1.807) is 10.4 Å². The summed E-state index contributed by atoms with van der Waals surface area (Å²) in [6.07, 6.45) is 1.53. The molecule has 0 bridgehead atoms. The lowest BCUT2D eigenvalue weighted by atomic mass is 10.1. The van der Waals surface area contributed by atoms with Crippen molar-refractivity contribution in [2.75, 3.05) is 31.1 Å². The number of aromatic nitrogens is 1. The molecule has 29 heavy (non-hydrogen) atoms. The van der Waals surface area contributed by atoms with Gasteiger partial charge in [-0.1, -0.05) is 22.8 Å². The quantitative estimate of drug-likeness (QED) is 0.584. The molecule has 9 heteroatoms. The van der Waals surface area contributed by atoms with Crippen molar-refractivity contribution in [2.24, 2.45) is 0 Å². The summed E-state index contributed by atoms with van der Waals surface area (Å²) in [5.74, 6) is 0.485. The molecule has 1 aromatic carbocycles. The van der Waals surface area contributed by atoms with E-state index in [9.17, 15) is 8.42 Å². The van der Waals surface area contributed by atoms with Crippen LogP contribution in [0.25, 0.3) is 11.3 Å². The largest absolute Gasteiger partial charge is 0.369 e. The lowest BCUT2D eigenvalue weighted by molar-refractivity contribution is 0.384. The molecule has 0 amide bonds. The first-order valence-corrected chi connectivity index (χ1v) is 11.9. The molecule has 6 nitrogen and oxygen atoms in total. The second-order valence-electron chi connectivity index (χ2n) is 7.12. The maximum absolute atomic E-state index is 13.5. The zero-order chi connectivity index (χ0) is 20.8. The van der Waals surface area contributed by atoms with E-state index >= 15 is 0 Å². The fraction of sp³-hybridized carbons (Fsp3) is 0.350. The minimum absolute atomic E-state index is 0.337. The standard InChI is InChI=1S/C20H22ClN3O3S2/c1-13-4-5-16(21)12-17(13)23-8-10-24(11-9-23)29(25,26)20-15(3)28-14(2)19(20)18-6-7-22-27-18/h4-7,12H,8-11H2,1-3H3. The summed E-state index contributed by atoms with van der Waals surface area (Å²) >= 11 is 7.62. The summed E-state index contributed by atoms with van der Waals surface area (Å²) in [5, 5.41) is 4.43. The summed E-state index contributed by atoms with van der Waals surface area (Å²) in [4.78, 5) is 4.20. The highest BCUT2D eigenvalue weighted by atomic mass is 35.5. The molecule has 1 fully saturated rings. The molecule has 1 aliphatic heterocycles. The molecule has 2 aromatic heterocycles. The van der Waals surface area contributed by atoms with Crippen molar-refractivity contribution in [3.8, 4) is 11.3 Å². The molecule has 0 atom stereocenters. The summed E-state index contributed by atoms with van der Waals surface area (Å²) in [5.41, 5.74) is 2.81. The van der Waals surface area contributed by atoms with Crippen LogP contribution < -0.4 is 4.90 Å². The van der Waals surface area contributed by atoms with Gasteiger partial charge >= 0.3 is 0 Å². The second kappa shape index (κ2) is 7.75. The molecule has 0 aliphatic carbocycles. The first kappa shape index (κ1) is 20.4. The SMILES string of the molecule is Cc1ccc(Cl)cc1N1CCN(S(=O)(=O)c2c(C)sc(C)c2-c2ccno2)CC1. The molecular weight excluding hydrogens is 430 g/mol. The maximum Gasteiger partial charge on any atom is 0.245 e. The number of hydrogen-bond acceptors (Lipinski definition) is 6. The van der Waals surface area contributed by atoms with E-state index in [4.69, 9.17) is 16.1 Å². The number of thiophene rings is 1. The van der Waals surface area contributed by atoms with Crippen LogP contribution in [0.15, 0.2) is 39.9 Å². The van der Waals surface area contributed by atoms with Gasteiger partial charge in [0.2, 0.25) is 10.0 Å². The van der Waals surface area contributed by atoms with Crippen molar-refractivity contribution in [2.45, 2.75) is 25.7 Å². The Kier molecular flexibility index (Phi) is 5.46. The average molecular weight is 452 g/mol. The first-order valence-electron chi connectivity index (χ1n) is 9.31. The van der Waals surface area contributed by atoms with E-state index in [-0.39, 0.29) is 0 Å². The minimum atomic E-state index is -3.65. The molecule has 154 valence electrons. The number of aryl methyl sites for hydroxylation is 3. The lowest BCUT2D eigenvalue weighted by Crippen LogP contribution is -2.49. The Morgan fingerprint density at radius 2 is 1.79 bits per heavy atom. The normalized spacial score (nSPS) is 15.8. The molecular formula is C20H22ClN3O3S2. The third-order valence-corrected chi connectivity index (χ3v) is 8.69. The van der Waals surface area contributed by atoms with E-state index in [1.165, 1.54) is 17.5 Å². The van der Waals surface area contributed by atoms with Crippen molar-refractivity contribution in [1.82, 2.24) is 9.46 Å². The van der Waals surface area contributed by atoms with Gasteiger partial charge in [0, 0.05) is 52.7 Å². The molecule has 0 saturated carbocycles. The second-order valence-corrected chi connectivity index (χ2v) is 10.9. The van der Waals surface area contributed by atoms with Crippen molar-refractivity contribution in [3.63, 3.8) is 0 Å². The number of piperazine rings is 1. The van der Waals surface area contributed by atoms with Crippen LogP contribution in [0, 0.1) is 20.8 Å². The van der Waals surface area contributed by atoms with Gasteiger partial charge in [0.15, 0.2) is 5.76 Å². The van der Waals surface area contributed by atoms with Gasteiger partial charge in [-0.05, 0) is 38.5 Å². The Morgan fingerprint density at radius 3 is 2.45 bits per heavy atom. The van der Waals surface area contributed by atoms with Crippen LogP contribution in [0.2, 0.25) is 5.02 Å². The smallest absolute Gasteiger partial charge is 0.245 e. The van der Waals surface area contributed by atoms with Crippen molar-refractivity contribution in [3.05, 3.63) is 50.8 Å². The third kappa shape index (κ3) is 3.70. The van der Waals surface area contributed by atoms with Crippen LogP contribution in [0.5, 0.6) is 0 Å². The Hall–Kier alpha value is -1.87. The number of rotatable bonds is 4. The fourth-order valence-electron chi connectivity index (χ4n) is 3.83. The highest BCUT2D eigenvalue weighted by Gasteiger charge is 2.35. The number of nitrogens with zero attached hydrogens (tertiary/aromatic N) is 3. The number of halogens is 1. The predicted octanol–water partition coefficient (Wildman–Crippen LogP) is 4.49. The van der Waals surface area contributed by atoms with Crippen molar-refractivity contribution < 1.29 is 12.9 Å². The summed E-state index contributed by atoms with van der Waals surface area (Å²) in [7, 11) is -3.65. The molecule has 0 N–H and O–H groups in total. The Labute approximate surface area is 179 Å². The highest BCUT2D eigenvalue weighted by Crippen LogP contribution is 2.40. The van der Waals surface area contributed by atoms with Gasteiger partial charge in [-0.25, -0.2) is 8.42 Å². The Morgan fingerprint density at radius 1 is 1.07 bits per heavy atom. The van der Waals surface area contributed by atoms with E-state index in [2.05, 4.69) is 10.1 Å². The molecule has 0 spiro atoms. The fourth-order valence-corrected chi connectivity index (χ4v) is 7.23. The topological polar surface area (TPSA) is 66.7 Å². The predicted molar refractivity (Wildman–Crippen MR) is 116 cm³/mol. The summed E-state index contributed by atoms with van der Waals surface area (Å²) < 4.78 is 33.9. The van der Waals surface area contributed by atoms with Crippen molar-refractivity contribution in [1.29, 1.82) is 0 Å². The van der Waals surface area contributed by atoms with Gasteiger partial charge in [0.1, 0.15) is 4.90 Å². The van der Waals surface area contributed by atoms with Gasteiger partial charge in [-0.2, -0.15) is 4.31 Å². The Balaban J connectivity index is 1.62. The number of hydrogen-bond donors (Lipinski definition) is 0. The van der Waals surface area contributed by atoms with Gasteiger partial charge in [0.05, 0.1) is 11.8 Å². The number of benzene rings is 1. The van der Waals surface area contributed by atoms with Crippen LogP contribution in [0.3, 0.4) is 0 Å². The van der Waals surface area contributed by atoms with Crippen LogP contribution in [0.1, 0.15) is 15.3 Å². The van der Waals surface area contributed by atoms with Crippen molar-refractivity contribution >= 4 is 38.6 Å². The highest BCUT2D eigenvalue weighted by molar-refractivity contribution is 7.89. The summed E-state index contributed by atoms with van der Waals surface area (Å²) in [6.45, 7) is 7.84. The van der Waals surface area contributed by atoms with E-state index in [0.29, 0.717) is 47.4 Å². The monoisotopic (exact) mass is 451 g/mol. The van der Waals surface area contributed by atoms with Crippen LogP contribution in [-0.2, 0) is 10.0 Å². The third-order valence-electron chi connectivity index (χ3n) is 5.24. The van der Waals surface area contributed by atoms with E-state index in [1.807, 2.05) is 39.0 Å². The first-order chi connectivity index (χ1) is 13.8. The van der Waals surface area contributed by atoms with Gasteiger partial charge in [0.25, 0.3) is 0 Å². The van der Waals surface area contributed by atoms with E-state index < -0.39 is 10.0 Å². The number of sulfonamides is 1. The lowest BCUT2D eigenvalue weighted by Gasteiger charge is -2.36. The molecule has 0 unspecified atom stereocenters. The summed E-state index contributed by atoms with van der Waals surface area (Å²) in [6, 6.07) is 7.50. The molecule has 0 radical (unpaired) electrons. The van der Waals surface area contributed by atoms with Gasteiger partial charge in [-0.3, -0.25) is 0 Å². The van der Waals surface area contributed by atoms with E-state index in [0.717, 1.165) is 21.0 Å². The van der Waals surface area contributed by atoms with Gasteiger partial charge in [-0.15, -0.1) is 11.3 Å². The average Bonchev–Trinajstić information content (AvgIpc) is 3.31. The molecule has 4 rings (SSSR count). The molecule has 3 heterocycles. The molecule has 3 aromatic rings. The molecule has 1 saturated heterocycles. The minimum Gasteiger partial charge on any atom is -0.369 e. The van der Waals surface area contributed by atoms with Crippen LogP contribution in [0.4, 0.5) is 5.69 Å². The Bertz CT molecular complexity index is 1130. The van der Waals surface area contributed by atoms with Crippen LogP contribution >= 0.6 is 22.9 Å². The molecule has 1 aliphatic rings. The number of anilines is 1.